The topological polar surface area (TPSA) is 26.3 Å². The van der Waals surface area contributed by atoms with E-state index in [-0.39, 0.29) is 18.0 Å². The molecule has 0 saturated carbocycles. The van der Waals surface area contributed by atoms with Crippen molar-refractivity contribution in [3.8, 4) is 0 Å². The van der Waals surface area contributed by atoms with Gasteiger partial charge in [0.05, 0.1) is 5.56 Å². The van der Waals surface area contributed by atoms with Crippen molar-refractivity contribution in [2.24, 2.45) is 5.92 Å². The van der Waals surface area contributed by atoms with Crippen LogP contribution in [-0.4, -0.2) is 5.97 Å². The Morgan fingerprint density at radius 1 is 1.50 bits per heavy atom. The lowest BCUT2D eigenvalue weighted by atomic mass is 9.96. The molecule has 2 heteroatoms. The molecule has 0 aliphatic carbocycles. The quantitative estimate of drug-likeness (QED) is 0.527. The van der Waals surface area contributed by atoms with E-state index in [1.54, 1.807) is 12.1 Å². The van der Waals surface area contributed by atoms with Crippen LogP contribution in [0, 0.1) is 5.92 Å². The van der Waals surface area contributed by atoms with Crippen LogP contribution in [0.5, 0.6) is 0 Å². The lowest BCUT2D eigenvalue weighted by molar-refractivity contribution is 0.0309. The van der Waals surface area contributed by atoms with Gasteiger partial charge in [-0.15, -0.1) is 6.58 Å². The zero-order valence-corrected chi connectivity index (χ0v) is 8.07. The van der Waals surface area contributed by atoms with Gasteiger partial charge in [-0.05, 0) is 6.07 Å². The molecule has 1 aromatic rings. The highest BCUT2D eigenvalue weighted by atomic mass is 16.5. The standard InChI is InChI=1S/C12H12O2/c1-3-8(2)11-9-6-4-5-7-10(9)12(13)14-11/h3-8,11H,1H2,2H3/t8-,11-/m0/s1. The summed E-state index contributed by atoms with van der Waals surface area (Å²) in [6.45, 7) is 5.70. The zero-order chi connectivity index (χ0) is 10.1. The first-order valence-corrected chi connectivity index (χ1v) is 4.66. The molecule has 0 spiro atoms. The van der Waals surface area contributed by atoms with Gasteiger partial charge in [0.2, 0.25) is 0 Å². The molecule has 0 aromatic heterocycles. The lowest BCUT2D eigenvalue weighted by Gasteiger charge is -2.14. The summed E-state index contributed by atoms with van der Waals surface area (Å²) in [6, 6.07) is 7.50. The van der Waals surface area contributed by atoms with E-state index in [2.05, 4.69) is 6.58 Å². The van der Waals surface area contributed by atoms with E-state index >= 15 is 0 Å². The van der Waals surface area contributed by atoms with Crippen molar-refractivity contribution in [2.75, 3.05) is 0 Å². The number of cyclic esters (lactones) is 1. The molecule has 1 aliphatic heterocycles. The van der Waals surface area contributed by atoms with Crippen LogP contribution < -0.4 is 0 Å². The van der Waals surface area contributed by atoms with E-state index < -0.39 is 0 Å². The molecular weight excluding hydrogens is 176 g/mol. The fourth-order valence-corrected chi connectivity index (χ4v) is 1.69. The van der Waals surface area contributed by atoms with Crippen LogP contribution in [0.25, 0.3) is 0 Å². The van der Waals surface area contributed by atoms with E-state index in [9.17, 15) is 4.79 Å². The third-order valence-electron chi connectivity index (χ3n) is 2.57. The molecule has 0 N–H and O–H groups in total. The smallest absolute Gasteiger partial charge is 0.339 e. The van der Waals surface area contributed by atoms with Gasteiger partial charge in [0.1, 0.15) is 6.10 Å². The summed E-state index contributed by atoms with van der Waals surface area (Å²) in [5.74, 6) is -0.0677. The first-order valence-electron chi connectivity index (χ1n) is 4.66. The Labute approximate surface area is 83.2 Å². The SMILES string of the molecule is C=C[C@H](C)[C@@H]1OC(=O)c2ccccc21. The molecule has 2 nitrogen and oxygen atoms in total. The molecule has 1 aromatic carbocycles. The Bertz CT molecular complexity index is 382. The van der Waals surface area contributed by atoms with E-state index in [0.717, 1.165) is 5.56 Å². The number of fused-ring (bicyclic) bond motifs is 1. The lowest BCUT2D eigenvalue weighted by Crippen LogP contribution is -2.06. The number of esters is 1. The number of benzene rings is 1. The van der Waals surface area contributed by atoms with E-state index in [4.69, 9.17) is 4.74 Å². The van der Waals surface area contributed by atoms with Crippen molar-refractivity contribution < 1.29 is 9.53 Å². The molecule has 0 saturated heterocycles. The Morgan fingerprint density at radius 2 is 2.21 bits per heavy atom. The Morgan fingerprint density at radius 3 is 2.93 bits per heavy atom. The molecule has 0 bridgehead atoms. The highest BCUT2D eigenvalue weighted by molar-refractivity contribution is 5.94. The van der Waals surface area contributed by atoms with Crippen LogP contribution in [-0.2, 0) is 4.74 Å². The number of hydrogen-bond donors (Lipinski definition) is 0. The minimum absolute atomic E-state index is 0.155. The Balaban J connectivity index is 2.43. The molecule has 72 valence electrons. The first-order chi connectivity index (χ1) is 6.74. The first kappa shape index (κ1) is 9.00. The fraction of sp³-hybridized carbons (Fsp3) is 0.250. The van der Waals surface area contributed by atoms with Crippen LogP contribution in [0.1, 0.15) is 28.9 Å². The summed E-state index contributed by atoms with van der Waals surface area (Å²) in [4.78, 5) is 11.4. The van der Waals surface area contributed by atoms with Gasteiger partial charge in [-0.25, -0.2) is 4.79 Å². The van der Waals surface area contributed by atoms with Crippen molar-refractivity contribution in [3.63, 3.8) is 0 Å². The zero-order valence-electron chi connectivity index (χ0n) is 8.07. The molecule has 2 rings (SSSR count). The largest absolute Gasteiger partial charge is 0.453 e. The summed E-state index contributed by atoms with van der Waals surface area (Å²) >= 11 is 0. The summed E-state index contributed by atoms with van der Waals surface area (Å²) in [7, 11) is 0. The van der Waals surface area contributed by atoms with Gasteiger partial charge in [-0.1, -0.05) is 31.2 Å². The number of hydrogen-bond acceptors (Lipinski definition) is 2. The van der Waals surface area contributed by atoms with E-state index in [1.807, 2.05) is 25.1 Å². The minimum Gasteiger partial charge on any atom is -0.453 e. The molecule has 1 aliphatic rings. The van der Waals surface area contributed by atoms with Crippen LogP contribution in [0.15, 0.2) is 36.9 Å². The number of ether oxygens (including phenoxy) is 1. The van der Waals surface area contributed by atoms with Crippen molar-refractivity contribution in [1.82, 2.24) is 0 Å². The van der Waals surface area contributed by atoms with Crippen LogP contribution >= 0.6 is 0 Å². The summed E-state index contributed by atoms with van der Waals surface area (Å²) < 4.78 is 5.27. The van der Waals surface area contributed by atoms with Crippen molar-refractivity contribution in [3.05, 3.63) is 48.0 Å². The van der Waals surface area contributed by atoms with Crippen LogP contribution in [0.4, 0.5) is 0 Å². The summed E-state index contributed by atoms with van der Waals surface area (Å²) in [6.07, 6.45) is 1.65. The van der Waals surface area contributed by atoms with E-state index in [1.165, 1.54) is 0 Å². The second kappa shape index (κ2) is 3.29. The number of rotatable bonds is 2. The van der Waals surface area contributed by atoms with Crippen molar-refractivity contribution in [1.29, 1.82) is 0 Å². The second-order valence-electron chi connectivity index (χ2n) is 3.51. The molecule has 0 radical (unpaired) electrons. The molecule has 0 unspecified atom stereocenters. The third-order valence-corrected chi connectivity index (χ3v) is 2.57. The summed E-state index contributed by atoms with van der Waals surface area (Å²) in [5, 5.41) is 0. The normalized spacial score (nSPS) is 21.2. The van der Waals surface area contributed by atoms with Gasteiger partial charge in [0, 0.05) is 11.5 Å². The Kier molecular flexibility index (Phi) is 2.12. The molecule has 0 amide bonds. The molecular formula is C12H12O2. The monoisotopic (exact) mass is 188 g/mol. The maximum Gasteiger partial charge on any atom is 0.339 e. The Hall–Kier alpha value is -1.57. The average molecular weight is 188 g/mol. The van der Waals surface area contributed by atoms with Gasteiger partial charge >= 0.3 is 5.97 Å². The van der Waals surface area contributed by atoms with Gasteiger partial charge < -0.3 is 4.74 Å². The highest BCUT2D eigenvalue weighted by Crippen LogP contribution is 2.35. The number of carbonyl (C=O) groups is 1. The van der Waals surface area contributed by atoms with Gasteiger partial charge in [-0.2, -0.15) is 0 Å². The maximum atomic E-state index is 11.4. The minimum atomic E-state index is -0.223. The van der Waals surface area contributed by atoms with Gasteiger partial charge in [-0.3, -0.25) is 0 Å². The number of carbonyl (C=O) groups excluding carboxylic acids is 1. The average Bonchev–Trinajstić information content (AvgIpc) is 2.56. The fourth-order valence-electron chi connectivity index (χ4n) is 1.69. The second-order valence-corrected chi connectivity index (χ2v) is 3.51. The molecule has 0 fully saturated rings. The summed E-state index contributed by atoms with van der Waals surface area (Å²) in [5.41, 5.74) is 1.66. The predicted octanol–water partition coefficient (Wildman–Crippen LogP) is 2.72. The third kappa shape index (κ3) is 1.23. The molecule has 14 heavy (non-hydrogen) atoms. The van der Waals surface area contributed by atoms with Gasteiger partial charge in [0.15, 0.2) is 0 Å². The molecule has 1 heterocycles. The highest BCUT2D eigenvalue weighted by Gasteiger charge is 2.32. The van der Waals surface area contributed by atoms with E-state index in [0.29, 0.717) is 5.56 Å². The maximum absolute atomic E-state index is 11.4. The van der Waals surface area contributed by atoms with Crippen molar-refractivity contribution in [2.45, 2.75) is 13.0 Å². The molecule has 2 atom stereocenters. The van der Waals surface area contributed by atoms with Crippen molar-refractivity contribution >= 4 is 5.97 Å². The van der Waals surface area contributed by atoms with Crippen LogP contribution in [0.3, 0.4) is 0 Å². The van der Waals surface area contributed by atoms with Crippen LogP contribution in [0.2, 0.25) is 0 Å². The van der Waals surface area contributed by atoms with Gasteiger partial charge in [0.25, 0.3) is 0 Å². The predicted molar refractivity (Wildman–Crippen MR) is 54.0 cm³/mol.